The van der Waals surface area contributed by atoms with Gasteiger partial charge < -0.3 is 15.0 Å². The first-order chi connectivity index (χ1) is 17.3. The highest BCUT2D eigenvalue weighted by Crippen LogP contribution is 2.27. The Morgan fingerprint density at radius 1 is 0.972 bits per heavy atom. The van der Waals surface area contributed by atoms with Crippen molar-refractivity contribution >= 4 is 57.6 Å². The summed E-state index contributed by atoms with van der Waals surface area (Å²) in [5.74, 6) is -0.00748. The number of nitrogens with zero attached hydrogens (tertiary/aromatic N) is 1. The summed E-state index contributed by atoms with van der Waals surface area (Å²) in [5, 5.41) is 3.90. The summed E-state index contributed by atoms with van der Waals surface area (Å²) in [4.78, 5) is 28.7. The number of carbonyl (C=O) groups is 2. The number of hydrogen-bond donors (Lipinski definition) is 1. The first kappa shape index (κ1) is 28.3. The molecule has 0 saturated carbocycles. The monoisotopic (exact) mass is 638 g/mol. The van der Waals surface area contributed by atoms with Gasteiger partial charge in [-0.05, 0) is 77.9 Å². The van der Waals surface area contributed by atoms with Crippen molar-refractivity contribution in [2.24, 2.45) is 0 Å². The summed E-state index contributed by atoms with van der Waals surface area (Å²) in [6.07, 6.45) is 1.10. The molecule has 36 heavy (non-hydrogen) atoms. The van der Waals surface area contributed by atoms with Gasteiger partial charge in [0.1, 0.15) is 11.8 Å². The van der Waals surface area contributed by atoms with Crippen molar-refractivity contribution in [3.05, 3.63) is 97.5 Å². The van der Waals surface area contributed by atoms with Crippen LogP contribution < -0.4 is 10.1 Å². The normalized spacial score (nSPS) is 12.5. The molecule has 1 N–H and O–H groups in total. The quantitative estimate of drug-likeness (QED) is 0.243. The molecule has 3 aromatic rings. The molecule has 3 aromatic carbocycles. The Labute approximate surface area is 236 Å². The van der Waals surface area contributed by atoms with Gasteiger partial charge in [0.2, 0.25) is 5.91 Å². The van der Waals surface area contributed by atoms with Crippen molar-refractivity contribution in [1.82, 2.24) is 10.2 Å². The number of nitrogens with one attached hydrogen (secondary N) is 1. The SMILES string of the molecule is CCC(C)NC(=O)C(Cc1ccccc1)N(Cc1c(Cl)cccc1Cl)C(=O)COc1ccc(I)cc1. The average molecular weight is 639 g/mol. The van der Waals surface area contributed by atoms with Crippen LogP contribution in [-0.2, 0) is 22.6 Å². The zero-order valence-electron chi connectivity index (χ0n) is 20.2. The van der Waals surface area contributed by atoms with Gasteiger partial charge in [-0.3, -0.25) is 9.59 Å². The fraction of sp³-hybridized carbons (Fsp3) is 0.286. The minimum atomic E-state index is -0.790. The third-order valence-electron chi connectivity index (χ3n) is 5.84. The third kappa shape index (κ3) is 8.11. The Balaban J connectivity index is 1.95. The molecule has 0 aliphatic heterocycles. The van der Waals surface area contributed by atoms with Crippen molar-refractivity contribution in [3.63, 3.8) is 0 Å². The summed E-state index contributed by atoms with van der Waals surface area (Å²) in [6, 6.07) is 21.4. The maximum Gasteiger partial charge on any atom is 0.261 e. The van der Waals surface area contributed by atoms with E-state index in [0.717, 1.165) is 15.6 Å². The Morgan fingerprint density at radius 2 is 1.61 bits per heavy atom. The molecule has 190 valence electrons. The van der Waals surface area contributed by atoms with E-state index in [0.29, 0.717) is 27.8 Å². The number of amides is 2. The fourth-order valence-corrected chi connectivity index (χ4v) is 4.48. The smallest absolute Gasteiger partial charge is 0.261 e. The van der Waals surface area contributed by atoms with E-state index in [1.54, 1.807) is 30.3 Å². The van der Waals surface area contributed by atoms with Gasteiger partial charge in [0.25, 0.3) is 5.91 Å². The van der Waals surface area contributed by atoms with Crippen LogP contribution in [0.1, 0.15) is 31.4 Å². The number of rotatable bonds is 11. The van der Waals surface area contributed by atoms with Crippen LogP contribution >= 0.6 is 45.8 Å². The van der Waals surface area contributed by atoms with Crippen LogP contribution in [0.3, 0.4) is 0 Å². The highest BCUT2D eigenvalue weighted by Gasteiger charge is 2.32. The maximum absolute atomic E-state index is 13.6. The molecule has 8 heteroatoms. The molecule has 3 rings (SSSR count). The second-order valence-corrected chi connectivity index (χ2v) is 10.5. The maximum atomic E-state index is 13.6. The Kier molecular flexibility index (Phi) is 10.9. The highest BCUT2D eigenvalue weighted by molar-refractivity contribution is 14.1. The molecule has 2 unspecified atom stereocenters. The largest absolute Gasteiger partial charge is 0.484 e. The van der Waals surface area contributed by atoms with Gasteiger partial charge in [-0.2, -0.15) is 0 Å². The average Bonchev–Trinajstić information content (AvgIpc) is 2.87. The van der Waals surface area contributed by atoms with Crippen molar-refractivity contribution < 1.29 is 14.3 Å². The lowest BCUT2D eigenvalue weighted by Crippen LogP contribution is -2.53. The Hall–Kier alpha value is -2.29. The molecule has 2 amide bonds. The van der Waals surface area contributed by atoms with E-state index in [4.69, 9.17) is 27.9 Å². The van der Waals surface area contributed by atoms with E-state index in [1.807, 2.05) is 56.3 Å². The molecule has 0 spiro atoms. The lowest BCUT2D eigenvalue weighted by atomic mass is 10.0. The lowest BCUT2D eigenvalue weighted by Gasteiger charge is -2.32. The Bertz CT molecular complexity index is 1140. The molecule has 5 nitrogen and oxygen atoms in total. The molecule has 0 bridgehead atoms. The molecule has 0 aliphatic carbocycles. The van der Waals surface area contributed by atoms with Crippen LogP contribution in [0.25, 0.3) is 0 Å². The molecule has 0 heterocycles. The predicted molar refractivity (Wildman–Crippen MR) is 153 cm³/mol. The van der Waals surface area contributed by atoms with E-state index in [2.05, 4.69) is 27.9 Å². The molecular weight excluding hydrogens is 610 g/mol. The minimum Gasteiger partial charge on any atom is -0.484 e. The first-order valence-electron chi connectivity index (χ1n) is 11.7. The number of halogens is 3. The van der Waals surface area contributed by atoms with Crippen molar-refractivity contribution in [2.45, 2.75) is 45.3 Å². The topological polar surface area (TPSA) is 58.6 Å². The third-order valence-corrected chi connectivity index (χ3v) is 7.27. The van der Waals surface area contributed by atoms with E-state index in [1.165, 1.54) is 4.90 Å². The lowest BCUT2D eigenvalue weighted by molar-refractivity contribution is -0.143. The molecule has 0 saturated heterocycles. The van der Waals surface area contributed by atoms with Crippen molar-refractivity contribution in [1.29, 1.82) is 0 Å². The zero-order chi connectivity index (χ0) is 26.1. The van der Waals surface area contributed by atoms with Crippen LogP contribution in [0.15, 0.2) is 72.8 Å². The Morgan fingerprint density at radius 3 is 2.22 bits per heavy atom. The molecule has 0 aliphatic rings. The first-order valence-corrected chi connectivity index (χ1v) is 13.6. The zero-order valence-corrected chi connectivity index (χ0v) is 23.9. The standard InChI is InChI=1S/C28H29Cl2IN2O3/c1-3-19(2)32-28(35)26(16-20-8-5-4-6-9-20)33(17-23-24(29)10-7-11-25(23)30)27(34)18-36-22-14-12-21(31)13-15-22/h4-15,19,26H,3,16-18H2,1-2H3,(H,32,35). The van der Waals surface area contributed by atoms with Gasteiger partial charge in [0, 0.05) is 38.2 Å². The summed E-state index contributed by atoms with van der Waals surface area (Å²) in [7, 11) is 0. The molecule has 0 aromatic heterocycles. The summed E-state index contributed by atoms with van der Waals surface area (Å²) in [5.41, 5.74) is 1.52. The van der Waals surface area contributed by atoms with Gasteiger partial charge in [-0.15, -0.1) is 0 Å². The van der Waals surface area contributed by atoms with E-state index >= 15 is 0 Å². The highest BCUT2D eigenvalue weighted by atomic mass is 127. The fourth-order valence-electron chi connectivity index (χ4n) is 3.61. The minimum absolute atomic E-state index is 0.0420. The molecule has 0 radical (unpaired) electrons. The van der Waals surface area contributed by atoms with Gasteiger partial charge >= 0.3 is 0 Å². The van der Waals surface area contributed by atoms with Gasteiger partial charge in [0.15, 0.2) is 6.61 Å². The van der Waals surface area contributed by atoms with Crippen LogP contribution in [0.5, 0.6) is 5.75 Å². The van der Waals surface area contributed by atoms with Gasteiger partial charge in [-0.25, -0.2) is 0 Å². The van der Waals surface area contributed by atoms with Crippen LogP contribution in [0.4, 0.5) is 0 Å². The van der Waals surface area contributed by atoms with Crippen LogP contribution in [0.2, 0.25) is 10.0 Å². The molecule has 2 atom stereocenters. The van der Waals surface area contributed by atoms with Gasteiger partial charge in [-0.1, -0.05) is 66.5 Å². The second kappa shape index (κ2) is 13.9. The number of ether oxygens (including phenoxy) is 1. The number of benzene rings is 3. The predicted octanol–water partition coefficient (Wildman–Crippen LogP) is 6.53. The summed E-state index contributed by atoms with van der Waals surface area (Å²) < 4.78 is 6.85. The van der Waals surface area contributed by atoms with Gasteiger partial charge in [0.05, 0.1) is 0 Å². The van der Waals surface area contributed by atoms with Crippen LogP contribution in [-0.4, -0.2) is 35.4 Å². The van der Waals surface area contributed by atoms with Crippen molar-refractivity contribution in [2.75, 3.05) is 6.61 Å². The van der Waals surface area contributed by atoms with E-state index in [9.17, 15) is 9.59 Å². The van der Waals surface area contributed by atoms with Crippen LogP contribution in [0, 0.1) is 3.57 Å². The van der Waals surface area contributed by atoms with Crippen molar-refractivity contribution in [3.8, 4) is 5.75 Å². The second-order valence-electron chi connectivity index (χ2n) is 8.49. The summed E-state index contributed by atoms with van der Waals surface area (Å²) >= 11 is 15.1. The summed E-state index contributed by atoms with van der Waals surface area (Å²) in [6.45, 7) is 3.77. The number of carbonyl (C=O) groups excluding carboxylic acids is 2. The molecule has 0 fully saturated rings. The molecular formula is C28H29Cl2IN2O3. The number of hydrogen-bond acceptors (Lipinski definition) is 3. The van der Waals surface area contributed by atoms with E-state index < -0.39 is 6.04 Å². The van der Waals surface area contributed by atoms with E-state index in [-0.39, 0.29) is 31.0 Å².